The van der Waals surface area contributed by atoms with Crippen LogP contribution in [0.15, 0.2) is 41.2 Å². The van der Waals surface area contributed by atoms with Gasteiger partial charge in [-0.05, 0) is 32.8 Å². The molecule has 0 spiro atoms. The number of carbonyl (C=O) groups excluding carboxylic acids is 3. The normalized spacial score (nSPS) is 26.6. The van der Waals surface area contributed by atoms with Crippen LogP contribution in [0.3, 0.4) is 0 Å². The molecule has 3 aliphatic rings. The van der Waals surface area contributed by atoms with Crippen LogP contribution in [-0.4, -0.2) is 105 Å². The number of aliphatic hydroxyl groups excluding tert-OH is 2. The number of ketones is 1. The van der Waals surface area contributed by atoms with Gasteiger partial charge in [0.05, 0.1) is 53.0 Å². The van der Waals surface area contributed by atoms with Crippen LogP contribution in [0.25, 0.3) is 10.8 Å². The van der Waals surface area contributed by atoms with Crippen LogP contribution in [0.5, 0.6) is 23.0 Å². The van der Waals surface area contributed by atoms with Gasteiger partial charge in [-0.15, -0.1) is 0 Å². The lowest BCUT2D eigenvalue weighted by atomic mass is 9.78. The molecule has 0 saturated carbocycles. The first-order valence-corrected chi connectivity index (χ1v) is 23.1. The Morgan fingerprint density at radius 3 is 2.09 bits per heavy atom. The van der Waals surface area contributed by atoms with Crippen LogP contribution in [-0.2, 0) is 23.8 Å². The number of phenolic OH excluding ortho intramolecular Hbond substituents is 3. The van der Waals surface area contributed by atoms with E-state index in [9.17, 15) is 39.9 Å². The van der Waals surface area contributed by atoms with E-state index in [2.05, 4.69) is 19.2 Å². The van der Waals surface area contributed by atoms with Gasteiger partial charge < -0.3 is 49.8 Å². The molecule has 0 saturated heterocycles. The minimum Gasteiger partial charge on any atom is -0.507 e. The van der Waals surface area contributed by atoms with E-state index in [-0.39, 0.29) is 44.5 Å². The monoisotopic (exact) mass is 908 g/mol. The van der Waals surface area contributed by atoms with Crippen molar-refractivity contribution in [3.63, 3.8) is 0 Å². The molecule has 3 heterocycles. The van der Waals surface area contributed by atoms with Crippen molar-refractivity contribution in [2.24, 2.45) is 28.8 Å². The third kappa shape index (κ3) is 12.0. The van der Waals surface area contributed by atoms with E-state index in [1.54, 1.807) is 46.8 Å². The smallest absolute Gasteiger partial charge is 0.312 e. The number of amides is 1. The fraction of sp³-hybridized carbons (Fsp3) is 0.600. The van der Waals surface area contributed by atoms with Crippen molar-refractivity contribution in [3.05, 3.63) is 52.8 Å². The van der Waals surface area contributed by atoms with Crippen LogP contribution in [0.2, 0.25) is 0 Å². The first kappa shape index (κ1) is 52.5. The van der Waals surface area contributed by atoms with Gasteiger partial charge in [0.15, 0.2) is 5.75 Å². The Bertz CT molecular complexity index is 2120. The Morgan fingerprint density at radius 1 is 0.877 bits per heavy atom. The highest BCUT2D eigenvalue weighted by molar-refractivity contribution is 6.23. The van der Waals surface area contributed by atoms with E-state index in [4.69, 9.17) is 24.0 Å². The fourth-order valence-corrected chi connectivity index (χ4v) is 8.68. The van der Waals surface area contributed by atoms with Crippen LogP contribution >= 0.6 is 0 Å². The predicted octanol–water partition coefficient (Wildman–Crippen LogP) is 8.55. The topological polar surface area (TPSA) is 217 Å². The van der Waals surface area contributed by atoms with Gasteiger partial charge in [-0.1, -0.05) is 98.3 Å². The van der Waals surface area contributed by atoms with Crippen LogP contribution in [0, 0.1) is 30.6 Å². The summed E-state index contributed by atoms with van der Waals surface area (Å²) < 4.78 is 23.8. The van der Waals surface area contributed by atoms with Crippen LogP contribution in [0.4, 0.5) is 5.69 Å². The Labute approximate surface area is 384 Å². The summed E-state index contributed by atoms with van der Waals surface area (Å²) in [6.07, 6.45) is 13.0. The molecule has 3 aliphatic heterocycles. The van der Waals surface area contributed by atoms with Gasteiger partial charge in [0.2, 0.25) is 0 Å². The number of fused-ring (bicyclic) bond motifs is 14. The predicted molar refractivity (Wildman–Crippen MR) is 251 cm³/mol. The van der Waals surface area contributed by atoms with Crippen LogP contribution < -0.4 is 10.1 Å². The average Bonchev–Trinajstić information content (AvgIpc) is 3.54. The number of aliphatic hydroxyl groups is 2. The number of benzene rings is 2. The molecule has 1 amide bonds. The molecule has 15 heteroatoms. The minimum atomic E-state index is -2.05. The van der Waals surface area contributed by atoms with Crippen molar-refractivity contribution in [1.82, 2.24) is 5.01 Å². The first-order valence-electron chi connectivity index (χ1n) is 23.1. The van der Waals surface area contributed by atoms with Gasteiger partial charge in [-0.2, -0.15) is 5.10 Å². The van der Waals surface area contributed by atoms with Gasteiger partial charge in [0.25, 0.3) is 11.7 Å². The highest BCUT2D eigenvalue weighted by atomic mass is 16.7. The number of esters is 1. The molecule has 5 rings (SSSR count). The number of hydrazone groups is 1. The zero-order chi connectivity index (χ0) is 48.3. The number of nitrogens with zero attached hydrogens (tertiary/aromatic N) is 2. The van der Waals surface area contributed by atoms with Gasteiger partial charge in [-0.3, -0.25) is 19.4 Å². The molecule has 65 heavy (non-hydrogen) atoms. The standard InChI is InChI=1S/C50H73N3O12/c1-12-14-16-18-24-53(25-19-17-15-13-2)51-27-35-40-45(59)38-37(44(35)58)39-47(33(8)43(38)57)65-50(10,48(39)60)63-26-23-36(62-11)30(5)46(64-34(9)54)32(7)42(56)31(6)41(55)28(3)21-20-22-29(4)49(61)52-40/h20-23,26-28,30-32,36,41-42,46,55-59H,12-19,24-25H2,1-11H3,(H,52,61). The molecule has 360 valence electrons. The molecule has 2 aromatic carbocycles. The number of ether oxygens (including phenoxy) is 4. The number of nitrogens with one attached hydrogen (secondary N) is 1. The molecular weight excluding hydrogens is 835 g/mol. The fourth-order valence-electron chi connectivity index (χ4n) is 8.68. The van der Waals surface area contributed by atoms with E-state index < -0.39 is 88.8 Å². The first-order chi connectivity index (χ1) is 30.8. The number of anilines is 1. The molecule has 0 aromatic heterocycles. The molecule has 0 aliphatic carbocycles. The van der Waals surface area contributed by atoms with Gasteiger partial charge in [0.1, 0.15) is 23.4 Å². The lowest BCUT2D eigenvalue weighted by Crippen LogP contribution is -2.46. The van der Waals surface area contributed by atoms with Crippen molar-refractivity contribution in [1.29, 1.82) is 0 Å². The highest BCUT2D eigenvalue weighted by Crippen LogP contribution is 2.55. The van der Waals surface area contributed by atoms with Crippen molar-refractivity contribution >= 4 is 40.3 Å². The summed E-state index contributed by atoms with van der Waals surface area (Å²) in [6.45, 7) is 18.1. The summed E-state index contributed by atoms with van der Waals surface area (Å²) in [5.41, 5.74) is -0.286. The van der Waals surface area contributed by atoms with E-state index in [0.717, 1.165) is 51.4 Å². The van der Waals surface area contributed by atoms with E-state index in [1.165, 1.54) is 52.5 Å². The second-order valence-electron chi connectivity index (χ2n) is 17.9. The third-order valence-electron chi connectivity index (χ3n) is 12.9. The Balaban J connectivity index is 1.97. The zero-order valence-corrected chi connectivity index (χ0v) is 40.1. The van der Waals surface area contributed by atoms with Gasteiger partial charge in [-0.25, -0.2) is 0 Å². The second-order valence-corrected chi connectivity index (χ2v) is 17.9. The van der Waals surface area contributed by atoms with Crippen molar-refractivity contribution in [2.75, 3.05) is 25.5 Å². The molecule has 15 nitrogen and oxygen atoms in total. The van der Waals surface area contributed by atoms with Gasteiger partial charge in [0, 0.05) is 74.2 Å². The molecular formula is C50H73N3O12. The Hall–Kier alpha value is -5.12. The molecule has 0 radical (unpaired) electrons. The summed E-state index contributed by atoms with van der Waals surface area (Å²) in [6, 6.07) is 0. The summed E-state index contributed by atoms with van der Waals surface area (Å²) in [4.78, 5) is 40.9. The third-order valence-corrected chi connectivity index (χ3v) is 12.9. The summed E-state index contributed by atoms with van der Waals surface area (Å²) >= 11 is 0. The maximum absolute atomic E-state index is 14.6. The Kier molecular flexibility index (Phi) is 18.9. The summed E-state index contributed by atoms with van der Waals surface area (Å²) in [5, 5.41) is 68.0. The largest absolute Gasteiger partial charge is 0.507 e. The number of aromatic hydroxyl groups is 3. The maximum atomic E-state index is 14.6. The van der Waals surface area contributed by atoms with E-state index in [1.807, 2.05) is 5.01 Å². The summed E-state index contributed by atoms with van der Waals surface area (Å²) in [7, 11) is 1.45. The second kappa shape index (κ2) is 23.4. The molecule has 5 bridgehead atoms. The number of methoxy groups -OCH3 is 1. The molecule has 2 aromatic rings. The number of hydrogen-bond donors (Lipinski definition) is 6. The summed E-state index contributed by atoms with van der Waals surface area (Å²) in [5.74, 6) is -8.29. The van der Waals surface area contributed by atoms with E-state index >= 15 is 0 Å². The quantitative estimate of drug-likeness (QED) is 0.0262. The number of Topliss-reactive ketones (excluding diaryl/α,β-unsaturated/α-hetero) is 1. The maximum Gasteiger partial charge on any atom is 0.312 e. The molecule has 6 N–H and O–H groups in total. The SMILES string of the molecule is CCCCCCN(CCCCCC)N=Cc1c2c(O)c3c(O)c(C)c4c(c3c1O)C(=O)C(C)(OC=CC(OC)C(C)C(OC(C)=O)C(C)C(O)C(C)C(O)C(C)C=CC=C(C)C(=O)N2)O4. The van der Waals surface area contributed by atoms with Crippen LogP contribution in [0.1, 0.15) is 135 Å². The van der Waals surface area contributed by atoms with Crippen molar-refractivity contribution < 1.29 is 58.9 Å². The molecule has 0 fully saturated rings. The number of allylic oxidation sites excluding steroid dienone is 2. The number of phenols is 3. The zero-order valence-electron chi connectivity index (χ0n) is 40.1. The van der Waals surface area contributed by atoms with Crippen molar-refractivity contribution in [3.8, 4) is 23.0 Å². The Morgan fingerprint density at radius 2 is 1.51 bits per heavy atom. The van der Waals surface area contributed by atoms with Crippen molar-refractivity contribution in [2.45, 2.75) is 151 Å². The van der Waals surface area contributed by atoms with Gasteiger partial charge >= 0.3 is 11.8 Å². The number of carbonyl (C=O) groups is 3. The molecule has 9 atom stereocenters. The highest BCUT2D eigenvalue weighted by Gasteiger charge is 2.50. The lowest BCUT2D eigenvalue weighted by molar-refractivity contribution is -0.160. The lowest BCUT2D eigenvalue weighted by Gasteiger charge is -2.38. The minimum absolute atomic E-state index is 0.0633. The number of hydrogen-bond acceptors (Lipinski definition) is 14. The molecule has 9 unspecified atom stereocenters. The number of unbranched alkanes of at least 4 members (excludes halogenated alkanes) is 6. The van der Waals surface area contributed by atoms with E-state index in [0.29, 0.717) is 13.1 Å². The average molecular weight is 908 g/mol. The number of rotatable bonds is 14.